The molecule has 0 aliphatic rings. The smallest absolute Gasteiger partial charge is 0.0637 e. The van der Waals surface area contributed by atoms with Crippen molar-refractivity contribution < 1.29 is 0 Å². The number of nitrogens with one attached hydrogen (secondary N) is 1. The Labute approximate surface area is 118 Å². The van der Waals surface area contributed by atoms with E-state index in [1.54, 1.807) is 11.8 Å². The molecule has 0 bridgehead atoms. The molecule has 94 valence electrons. The van der Waals surface area contributed by atoms with Gasteiger partial charge in [-0.05, 0) is 48.6 Å². The molecule has 2 rings (SSSR count). The summed E-state index contributed by atoms with van der Waals surface area (Å²) in [6.45, 7) is 2.85. The lowest BCUT2D eigenvalue weighted by Crippen LogP contribution is -2.00. The zero-order chi connectivity index (χ0) is 13.0. The molecule has 0 aromatic heterocycles. The Kier molecular flexibility index (Phi) is 4.56. The highest BCUT2D eigenvalue weighted by Gasteiger charge is 2.00. The fourth-order valence-corrected chi connectivity index (χ4v) is 2.31. The van der Waals surface area contributed by atoms with E-state index in [1.165, 1.54) is 16.0 Å². The summed E-state index contributed by atoms with van der Waals surface area (Å²) in [4.78, 5) is 1.28. The highest BCUT2D eigenvalue weighted by Crippen LogP contribution is 2.23. The van der Waals surface area contributed by atoms with Crippen LogP contribution in [-0.4, -0.2) is 6.26 Å². The molecular formula is C15H16ClNS. The van der Waals surface area contributed by atoms with Gasteiger partial charge in [-0.1, -0.05) is 29.8 Å². The molecule has 2 aromatic rings. The van der Waals surface area contributed by atoms with E-state index in [0.29, 0.717) is 0 Å². The zero-order valence-electron chi connectivity index (χ0n) is 10.5. The normalized spacial score (nSPS) is 10.4. The third-order valence-electron chi connectivity index (χ3n) is 2.76. The second-order valence-electron chi connectivity index (χ2n) is 4.18. The van der Waals surface area contributed by atoms with E-state index in [-0.39, 0.29) is 0 Å². The van der Waals surface area contributed by atoms with Gasteiger partial charge in [-0.15, -0.1) is 11.8 Å². The highest BCUT2D eigenvalue weighted by molar-refractivity contribution is 7.98. The molecule has 0 saturated heterocycles. The predicted octanol–water partition coefficient (Wildman–Crippen LogP) is 4.98. The maximum Gasteiger partial charge on any atom is 0.0637 e. The summed E-state index contributed by atoms with van der Waals surface area (Å²) in [5.74, 6) is 0. The van der Waals surface area contributed by atoms with Gasteiger partial charge in [-0.25, -0.2) is 0 Å². The van der Waals surface area contributed by atoms with Gasteiger partial charge in [0.05, 0.1) is 10.7 Å². The lowest BCUT2D eigenvalue weighted by atomic mass is 10.2. The first kappa shape index (κ1) is 13.3. The summed E-state index contributed by atoms with van der Waals surface area (Å²) in [5, 5.41) is 4.13. The van der Waals surface area contributed by atoms with Gasteiger partial charge in [0.2, 0.25) is 0 Å². The van der Waals surface area contributed by atoms with E-state index < -0.39 is 0 Å². The summed E-state index contributed by atoms with van der Waals surface area (Å²) < 4.78 is 0. The number of hydrogen-bond acceptors (Lipinski definition) is 2. The third-order valence-corrected chi connectivity index (χ3v) is 3.84. The number of anilines is 1. The number of rotatable bonds is 4. The van der Waals surface area contributed by atoms with Crippen LogP contribution in [0.2, 0.25) is 5.02 Å². The molecule has 0 radical (unpaired) electrons. The fourth-order valence-electron chi connectivity index (χ4n) is 1.72. The molecule has 0 fully saturated rings. The Balaban J connectivity index is 2.04. The molecule has 0 heterocycles. The molecule has 0 aliphatic heterocycles. The van der Waals surface area contributed by atoms with Crippen molar-refractivity contribution in [1.82, 2.24) is 0 Å². The molecule has 0 spiro atoms. The number of benzene rings is 2. The second kappa shape index (κ2) is 6.17. The van der Waals surface area contributed by atoms with Gasteiger partial charge in [0.15, 0.2) is 0 Å². The minimum atomic E-state index is 0.765. The standard InChI is InChI=1S/C15H16ClNS/c1-11-3-8-14(16)15(9-11)17-10-12-4-6-13(18-2)7-5-12/h3-9,17H,10H2,1-2H3. The van der Waals surface area contributed by atoms with Crippen LogP contribution in [0.5, 0.6) is 0 Å². The van der Waals surface area contributed by atoms with Gasteiger partial charge in [0, 0.05) is 11.4 Å². The average molecular weight is 278 g/mol. The number of halogens is 1. The van der Waals surface area contributed by atoms with E-state index in [1.807, 2.05) is 12.1 Å². The second-order valence-corrected chi connectivity index (χ2v) is 5.47. The van der Waals surface area contributed by atoms with E-state index in [9.17, 15) is 0 Å². The first-order valence-electron chi connectivity index (χ1n) is 5.82. The zero-order valence-corrected chi connectivity index (χ0v) is 12.1. The molecule has 2 aromatic carbocycles. The van der Waals surface area contributed by atoms with E-state index in [4.69, 9.17) is 11.6 Å². The molecule has 1 N–H and O–H groups in total. The molecule has 1 nitrogen and oxygen atoms in total. The van der Waals surface area contributed by atoms with Crippen molar-refractivity contribution in [2.45, 2.75) is 18.4 Å². The lowest BCUT2D eigenvalue weighted by molar-refractivity contribution is 1.14. The summed E-state index contributed by atoms with van der Waals surface area (Å²) >= 11 is 7.90. The summed E-state index contributed by atoms with van der Waals surface area (Å²) in [7, 11) is 0. The first-order chi connectivity index (χ1) is 8.69. The van der Waals surface area contributed by atoms with Crippen molar-refractivity contribution in [3.63, 3.8) is 0 Å². The van der Waals surface area contributed by atoms with Gasteiger partial charge in [0.25, 0.3) is 0 Å². The molecule has 0 atom stereocenters. The van der Waals surface area contributed by atoms with Gasteiger partial charge in [-0.3, -0.25) is 0 Å². The Morgan fingerprint density at radius 1 is 1.11 bits per heavy atom. The van der Waals surface area contributed by atoms with Gasteiger partial charge in [-0.2, -0.15) is 0 Å². The third kappa shape index (κ3) is 3.44. The van der Waals surface area contributed by atoms with Crippen LogP contribution in [0.1, 0.15) is 11.1 Å². The van der Waals surface area contributed by atoms with Gasteiger partial charge < -0.3 is 5.32 Å². The number of thioether (sulfide) groups is 1. The largest absolute Gasteiger partial charge is 0.380 e. The Bertz CT molecular complexity index is 523. The fraction of sp³-hybridized carbons (Fsp3) is 0.200. The van der Waals surface area contributed by atoms with Gasteiger partial charge >= 0.3 is 0 Å². The topological polar surface area (TPSA) is 12.0 Å². The summed E-state index contributed by atoms with van der Waals surface area (Å²) in [6, 6.07) is 14.6. The summed E-state index contributed by atoms with van der Waals surface area (Å²) in [5.41, 5.74) is 3.45. The highest BCUT2D eigenvalue weighted by atomic mass is 35.5. The lowest BCUT2D eigenvalue weighted by Gasteiger charge is -2.09. The maximum absolute atomic E-state index is 6.14. The van der Waals surface area contributed by atoms with Crippen molar-refractivity contribution in [3.8, 4) is 0 Å². The van der Waals surface area contributed by atoms with Gasteiger partial charge in [0.1, 0.15) is 0 Å². The minimum Gasteiger partial charge on any atom is -0.380 e. The monoisotopic (exact) mass is 277 g/mol. The quantitative estimate of drug-likeness (QED) is 0.791. The van der Waals surface area contributed by atoms with Crippen LogP contribution in [0.25, 0.3) is 0 Å². The van der Waals surface area contributed by atoms with Crippen LogP contribution in [0.3, 0.4) is 0 Å². The van der Waals surface area contributed by atoms with Crippen LogP contribution >= 0.6 is 23.4 Å². The van der Waals surface area contributed by atoms with E-state index in [2.05, 4.69) is 48.8 Å². The molecule has 0 aliphatic carbocycles. The molecule has 18 heavy (non-hydrogen) atoms. The van der Waals surface area contributed by atoms with Crippen molar-refractivity contribution in [1.29, 1.82) is 0 Å². The molecule has 3 heteroatoms. The maximum atomic E-state index is 6.14. The van der Waals surface area contributed by atoms with Crippen LogP contribution < -0.4 is 5.32 Å². The Morgan fingerprint density at radius 2 is 1.83 bits per heavy atom. The van der Waals surface area contributed by atoms with Crippen molar-refractivity contribution in [3.05, 3.63) is 58.6 Å². The molecule has 0 unspecified atom stereocenters. The molecule has 0 saturated carbocycles. The van der Waals surface area contributed by atoms with Crippen molar-refractivity contribution in [2.24, 2.45) is 0 Å². The van der Waals surface area contributed by atoms with Crippen LogP contribution in [-0.2, 0) is 6.54 Å². The SMILES string of the molecule is CSc1ccc(CNc2cc(C)ccc2Cl)cc1. The van der Waals surface area contributed by atoms with Crippen molar-refractivity contribution in [2.75, 3.05) is 11.6 Å². The Morgan fingerprint density at radius 3 is 2.50 bits per heavy atom. The van der Waals surface area contributed by atoms with Crippen LogP contribution in [0, 0.1) is 6.92 Å². The summed E-state index contributed by atoms with van der Waals surface area (Å²) in [6.07, 6.45) is 2.08. The van der Waals surface area contributed by atoms with E-state index in [0.717, 1.165) is 17.3 Å². The number of hydrogen-bond donors (Lipinski definition) is 1. The van der Waals surface area contributed by atoms with Crippen LogP contribution in [0.4, 0.5) is 5.69 Å². The van der Waals surface area contributed by atoms with Crippen LogP contribution in [0.15, 0.2) is 47.4 Å². The molecular weight excluding hydrogens is 262 g/mol. The Hall–Kier alpha value is -1.12. The average Bonchev–Trinajstić information content (AvgIpc) is 2.40. The predicted molar refractivity (Wildman–Crippen MR) is 81.7 cm³/mol. The van der Waals surface area contributed by atoms with Crippen molar-refractivity contribution >= 4 is 29.1 Å². The number of aryl methyl sites for hydroxylation is 1. The first-order valence-corrected chi connectivity index (χ1v) is 7.42. The van der Waals surface area contributed by atoms with E-state index >= 15 is 0 Å². The minimum absolute atomic E-state index is 0.765. The molecule has 0 amide bonds.